The maximum Gasteiger partial charge on any atom is 0.243 e. The second-order valence-corrected chi connectivity index (χ2v) is 9.24. The number of hydrogen-bond acceptors (Lipinski definition) is 3. The monoisotopic (exact) mass is 427 g/mol. The van der Waals surface area contributed by atoms with Gasteiger partial charge in [-0.05, 0) is 42.7 Å². The molecule has 0 aliphatic heterocycles. The Morgan fingerprint density at radius 3 is 2.40 bits per heavy atom. The van der Waals surface area contributed by atoms with Crippen molar-refractivity contribution >= 4 is 26.8 Å². The second kappa shape index (κ2) is 9.45. The van der Waals surface area contributed by atoms with Crippen molar-refractivity contribution in [2.75, 3.05) is 13.1 Å². The number of benzene rings is 2. The summed E-state index contributed by atoms with van der Waals surface area (Å²) in [5.41, 5.74) is 3.06. The van der Waals surface area contributed by atoms with Gasteiger partial charge in [0.1, 0.15) is 0 Å². The van der Waals surface area contributed by atoms with Crippen molar-refractivity contribution in [3.8, 4) is 0 Å². The number of aromatic amines is 1. The summed E-state index contributed by atoms with van der Waals surface area (Å²) in [6, 6.07) is 14.6. The summed E-state index contributed by atoms with van der Waals surface area (Å²) in [5, 5.41) is 4.14. The van der Waals surface area contributed by atoms with Crippen LogP contribution < -0.4 is 5.32 Å². The standard InChI is InChI=1S/C23H29N3O3S/c1-4-26(5-2)30(28,29)20-13-10-18(11-14-20)17(3)25-23(27)15-12-19-16-24-22-9-7-6-8-21(19)22/h6-11,13-14,16-17,24H,4-5,12,15H2,1-3H3,(H,25,27). The Morgan fingerprint density at radius 1 is 1.07 bits per heavy atom. The number of hydrogen-bond donors (Lipinski definition) is 2. The molecule has 1 aromatic heterocycles. The number of para-hydroxylation sites is 1. The third-order valence-corrected chi connectivity index (χ3v) is 7.46. The molecule has 0 aliphatic carbocycles. The van der Waals surface area contributed by atoms with E-state index in [1.807, 2.05) is 45.2 Å². The Bertz CT molecular complexity index is 1100. The molecule has 0 aliphatic rings. The van der Waals surface area contributed by atoms with Crippen LogP contribution in [0.1, 0.15) is 44.4 Å². The number of nitrogens with one attached hydrogen (secondary N) is 2. The number of carbonyl (C=O) groups excluding carboxylic acids is 1. The lowest BCUT2D eigenvalue weighted by Crippen LogP contribution is -2.30. The first kappa shape index (κ1) is 22.1. The number of rotatable bonds is 9. The highest BCUT2D eigenvalue weighted by Crippen LogP contribution is 2.21. The van der Waals surface area contributed by atoms with Crippen molar-refractivity contribution in [1.82, 2.24) is 14.6 Å². The van der Waals surface area contributed by atoms with Crippen LogP contribution in [0.25, 0.3) is 10.9 Å². The predicted molar refractivity (Wildman–Crippen MR) is 120 cm³/mol. The fourth-order valence-corrected chi connectivity index (χ4v) is 5.08. The average Bonchev–Trinajstić information content (AvgIpc) is 3.16. The fourth-order valence-electron chi connectivity index (χ4n) is 3.62. The highest BCUT2D eigenvalue weighted by molar-refractivity contribution is 7.89. The maximum atomic E-state index is 12.6. The normalized spacial score (nSPS) is 12.9. The molecule has 160 valence electrons. The van der Waals surface area contributed by atoms with E-state index in [1.54, 1.807) is 24.3 Å². The zero-order valence-electron chi connectivity index (χ0n) is 17.7. The molecule has 30 heavy (non-hydrogen) atoms. The van der Waals surface area contributed by atoms with Crippen LogP contribution in [0.2, 0.25) is 0 Å². The number of sulfonamides is 1. The Kier molecular flexibility index (Phi) is 6.95. The molecule has 0 saturated heterocycles. The van der Waals surface area contributed by atoms with Gasteiger partial charge >= 0.3 is 0 Å². The third kappa shape index (κ3) is 4.74. The van der Waals surface area contributed by atoms with Gasteiger partial charge in [-0.3, -0.25) is 4.79 Å². The molecular weight excluding hydrogens is 398 g/mol. The number of H-pyrrole nitrogens is 1. The summed E-state index contributed by atoms with van der Waals surface area (Å²) >= 11 is 0. The highest BCUT2D eigenvalue weighted by Gasteiger charge is 2.21. The summed E-state index contributed by atoms with van der Waals surface area (Å²) in [6.45, 7) is 6.41. The van der Waals surface area contributed by atoms with Crippen molar-refractivity contribution in [2.45, 2.75) is 44.6 Å². The molecule has 2 N–H and O–H groups in total. The molecular formula is C23H29N3O3S. The summed E-state index contributed by atoms with van der Waals surface area (Å²) < 4.78 is 26.6. The summed E-state index contributed by atoms with van der Waals surface area (Å²) in [6.07, 6.45) is 3.00. The van der Waals surface area contributed by atoms with E-state index in [9.17, 15) is 13.2 Å². The van der Waals surface area contributed by atoms with Crippen molar-refractivity contribution < 1.29 is 13.2 Å². The molecule has 2 aromatic carbocycles. The zero-order chi connectivity index (χ0) is 21.7. The van der Waals surface area contributed by atoms with Gasteiger partial charge in [-0.2, -0.15) is 4.31 Å². The molecule has 3 aromatic rings. The topological polar surface area (TPSA) is 82.3 Å². The van der Waals surface area contributed by atoms with Gasteiger partial charge in [0.25, 0.3) is 0 Å². The van der Waals surface area contributed by atoms with E-state index in [0.717, 1.165) is 22.0 Å². The fraction of sp³-hybridized carbons (Fsp3) is 0.348. The van der Waals surface area contributed by atoms with Crippen molar-refractivity contribution in [1.29, 1.82) is 0 Å². The van der Waals surface area contributed by atoms with Gasteiger partial charge in [0.05, 0.1) is 10.9 Å². The van der Waals surface area contributed by atoms with Crippen LogP contribution in [0.15, 0.2) is 59.6 Å². The first-order chi connectivity index (χ1) is 14.4. The van der Waals surface area contributed by atoms with Crippen LogP contribution in [0, 0.1) is 0 Å². The first-order valence-corrected chi connectivity index (χ1v) is 11.7. The molecule has 0 fully saturated rings. The minimum atomic E-state index is -3.48. The van der Waals surface area contributed by atoms with E-state index in [0.29, 0.717) is 25.9 Å². The van der Waals surface area contributed by atoms with E-state index >= 15 is 0 Å². The molecule has 7 heteroatoms. The van der Waals surface area contributed by atoms with Crippen molar-refractivity contribution in [3.63, 3.8) is 0 Å². The first-order valence-electron chi connectivity index (χ1n) is 10.3. The SMILES string of the molecule is CCN(CC)S(=O)(=O)c1ccc(C(C)NC(=O)CCc2c[nH]c3ccccc23)cc1. The molecule has 0 radical (unpaired) electrons. The van der Waals surface area contributed by atoms with Crippen LogP contribution in [-0.4, -0.2) is 36.7 Å². The van der Waals surface area contributed by atoms with Gasteiger partial charge in [-0.25, -0.2) is 8.42 Å². The van der Waals surface area contributed by atoms with Crippen molar-refractivity contribution in [3.05, 3.63) is 65.9 Å². The molecule has 6 nitrogen and oxygen atoms in total. The quantitative estimate of drug-likeness (QED) is 0.541. The van der Waals surface area contributed by atoms with E-state index in [4.69, 9.17) is 0 Å². The second-order valence-electron chi connectivity index (χ2n) is 7.31. The van der Waals surface area contributed by atoms with Gasteiger partial charge in [-0.15, -0.1) is 0 Å². The molecule has 0 saturated carbocycles. The number of carbonyl (C=O) groups is 1. The highest BCUT2D eigenvalue weighted by atomic mass is 32.2. The molecule has 1 atom stereocenters. The number of amides is 1. The molecule has 1 heterocycles. The van der Waals surface area contributed by atoms with Crippen LogP contribution in [0.5, 0.6) is 0 Å². The van der Waals surface area contributed by atoms with E-state index in [2.05, 4.69) is 16.4 Å². The van der Waals surface area contributed by atoms with E-state index < -0.39 is 10.0 Å². The zero-order valence-corrected chi connectivity index (χ0v) is 18.5. The molecule has 0 bridgehead atoms. The molecule has 3 rings (SSSR count). The summed E-state index contributed by atoms with van der Waals surface area (Å²) in [7, 11) is -3.48. The third-order valence-electron chi connectivity index (χ3n) is 5.40. The summed E-state index contributed by atoms with van der Waals surface area (Å²) in [5.74, 6) is -0.0346. The van der Waals surface area contributed by atoms with Crippen LogP contribution >= 0.6 is 0 Å². The maximum absolute atomic E-state index is 12.6. The number of fused-ring (bicyclic) bond motifs is 1. The minimum Gasteiger partial charge on any atom is -0.361 e. The molecule has 1 amide bonds. The lowest BCUT2D eigenvalue weighted by Gasteiger charge is -2.19. The Hall–Kier alpha value is -2.64. The number of nitrogens with zero attached hydrogens (tertiary/aromatic N) is 1. The van der Waals surface area contributed by atoms with E-state index in [1.165, 1.54) is 4.31 Å². The average molecular weight is 428 g/mol. The Balaban J connectivity index is 1.60. The summed E-state index contributed by atoms with van der Waals surface area (Å²) in [4.78, 5) is 15.9. The Labute approximate surface area is 178 Å². The van der Waals surface area contributed by atoms with E-state index in [-0.39, 0.29) is 16.8 Å². The minimum absolute atomic E-state index is 0.0346. The van der Waals surface area contributed by atoms with Gasteiger partial charge in [0.2, 0.25) is 15.9 Å². The van der Waals surface area contributed by atoms with Crippen LogP contribution in [0.3, 0.4) is 0 Å². The van der Waals surface area contributed by atoms with Gasteiger partial charge in [-0.1, -0.05) is 44.2 Å². The lowest BCUT2D eigenvalue weighted by molar-refractivity contribution is -0.121. The predicted octanol–water partition coefficient (Wildman–Crippen LogP) is 4.01. The van der Waals surface area contributed by atoms with Crippen molar-refractivity contribution in [2.24, 2.45) is 0 Å². The molecule has 1 unspecified atom stereocenters. The van der Waals surface area contributed by atoms with Gasteiger partial charge in [0, 0.05) is 36.6 Å². The number of aryl methyl sites for hydroxylation is 1. The van der Waals surface area contributed by atoms with Gasteiger partial charge in [0.15, 0.2) is 0 Å². The van der Waals surface area contributed by atoms with Crippen LogP contribution in [0.4, 0.5) is 0 Å². The number of aromatic nitrogens is 1. The Morgan fingerprint density at radius 2 is 1.73 bits per heavy atom. The lowest BCUT2D eigenvalue weighted by atomic mass is 10.1. The largest absolute Gasteiger partial charge is 0.361 e. The molecule has 0 spiro atoms. The smallest absolute Gasteiger partial charge is 0.243 e. The van der Waals surface area contributed by atoms with Gasteiger partial charge < -0.3 is 10.3 Å². The van der Waals surface area contributed by atoms with Crippen LogP contribution in [-0.2, 0) is 21.2 Å².